The molecule has 0 bridgehead atoms. The van der Waals surface area contributed by atoms with Gasteiger partial charge in [-0.3, -0.25) is 0 Å². The molecule has 0 aromatic carbocycles. The van der Waals surface area contributed by atoms with E-state index in [0.717, 1.165) is 29.6 Å². The predicted octanol–water partition coefficient (Wildman–Crippen LogP) is 5.75. The van der Waals surface area contributed by atoms with E-state index in [9.17, 15) is 0 Å². The Morgan fingerprint density at radius 3 is 2.68 bits per heavy atom. The van der Waals surface area contributed by atoms with Gasteiger partial charge in [-0.1, -0.05) is 44.9 Å². The van der Waals surface area contributed by atoms with Gasteiger partial charge in [-0.05, 0) is 67.8 Å². The molecule has 0 aromatic rings. The normalized spacial score (nSPS) is 38.9. The second-order valence-electron chi connectivity index (χ2n) is 7.63. The van der Waals surface area contributed by atoms with E-state index in [0.29, 0.717) is 0 Å². The molecule has 0 spiro atoms. The summed E-state index contributed by atoms with van der Waals surface area (Å²) in [5, 5.41) is 0. The van der Waals surface area contributed by atoms with Crippen molar-refractivity contribution in [3.05, 3.63) is 23.3 Å². The summed E-state index contributed by atoms with van der Waals surface area (Å²) < 4.78 is 0. The second kappa shape index (κ2) is 5.46. The van der Waals surface area contributed by atoms with Crippen molar-refractivity contribution < 1.29 is 0 Å². The third kappa shape index (κ3) is 2.56. The lowest BCUT2D eigenvalue weighted by Gasteiger charge is -2.41. The lowest BCUT2D eigenvalue weighted by molar-refractivity contribution is 0.120. The van der Waals surface area contributed by atoms with E-state index in [2.05, 4.69) is 32.9 Å². The third-order valence-corrected chi connectivity index (χ3v) is 6.00. The molecule has 0 N–H and O–H groups in total. The number of hydrogen-bond donors (Lipinski definition) is 0. The van der Waals surface area contributed by atoms with Crippen molar-refractivity contribution >= 4 is 0 Å². The van der Waals surface area contributed by atoms with E-state index in [1.165, 1.54) is 44.9 Å². The Bertz CT molecular complexity index is 385. The molecule has 3 aliphatic rings. The van der Waals surface area contributed by atoms with Crippen LogP contribution in [0.4, 0.5) is 0 Å². The van der Waals surface area contributed by atoms with Crippen LogP contribution >= 0.6 is 0 Å². The molecule has 4 atom stereocenters. The topological polar surface area (TPSA) is 0 Å². The summed E-state index contributed by atoms with van der Waals surface area (Å²) in [6.07, 6.45) is 15.1. The van der Waals surface area contributed by atoms with Crippen molar-refractivity contribution in [1.29, 1.82) is 0 Å². The fraction of sp³-hybridized carbons (Fsp3) is 0.789. The van der Waals surface area contributed by atoms with Gasteiger partial charge < -0.3 is 0 Å². The van der Waals surface area contributed by atoms with Gasteiger partial charge in [0.2, 0.25) is 0 Å². The van der Waals surface area contributed by atoms with Gasteiger partial charge in [0, 0.05) is 5.92 Å². The summed E-state index contributed by atoms with van der Waals surface area (Å²) in [7, 11) is 0. The smallest absolute Gasteiger partial charge is 0.00169 e. The van der Waals surface area contributed by atoms with Crippen LogP contribution in [0.15, 0.2) is 23.3 Å². The Balaban J connectivity index is 1.83. The fourth-order valence-electron chi connectivity index (χ4n) is 4.95. The molecule has 1 saturated carbocycles. The van der Waals surface area contributed by atoms with Gasteiger partial charge in [-0.2, -0.15) is 0 Å². The highest BCUT2D eigenvalue weighted by Gasteiger charge is 2.38. The molecular weight excluding hydrogens is 228 g/mol. The quantitative estimate of drug-likeness (QED) is 0.591. The van der Waals surface area contributed by atoms with E-state index in [1.54, 1.807) is 5.57 Å². The number of allylic oxidation sites excluding steroid dienone is 4. The van der Waals surface area contributed by atoms with Gasteiger partial charge in [0.05, 0.1) is 0 Å². The molecule has 106 valence electrons. The maximum atomic E-state index is 2.58. The van der Waals surface area contributed by atoms with Crippen LogP contribution in [-0.4, -0.2) is 0 Å². The minimum absolute atomic E-state index is 0.811. The molecule has 0 heterocycles. The zero-order valence-corrected chi connectivity index (χ0v) is 13.0. The molecule has 3 aliphatic carbocycles. The van der Waals surface area contributed by atoms with Crippen LogP contribution in [0.3, 0.4) is 0 Å². The zero-order valence-electron chi connectivity index (χ0n) is 13.0. The highest BCUT2D eigenvalue weighted by molar-refractivity contribution is 5.39. The van der Waals surface area contributed by atoms with Crippen LogP contribution in [0.25, 0.3) is 0 Å². The number of hydrogen-bond acceptors (Lipinski definition) is 0. The Labute approximate surface area is 119 Å². The van der Waals surface area contributed by atoms with Crippen molar-refractivity contribution in [2.24, 2.45) is 29.6 Å². The molecule has 1 fully saturated rings. The Morgan fingerprint density at radius 2 is 1.89 bits per heavy atom. The summed E-state index contributed by atoms with van der Waals surface area (Å²) >= 11 is 0. The molecule has 3 rings (SSSR count). The van der Waals surface area contributed by atoms with Gasteiger partial charge in [0.25, 0.3) is 0 Å². The summed E-state index contributed by atoms with van der Waals surface area (Å²) in [6.45, 7) is 7.36. The molecule has 0 aromatic heterocycles. The van der Waals surface area contributed by atoms with Gasteiger partial charge in [-0.15, -0.1) is 0 Å². The Morgan fingerprint density at radius 1 is 1.11 bits per heavy atom. The van der Waals surface area contributed by atoms with E-state index >= 15 is 0 Å². The highest BCUT2D eigenvalue weighted by Crippen LogP contribution is 2.49. The first kappa shape index (κ1) is 13.5. The van der Waals surface area contributed by atoms with Crippen LogP contribution in [0.1, 0.15) is 65.7 Å². The molecular formula is C19H30. The van der Waals surface area contributed by atoms with E-state index in [4.69, 9.17) is 0 Å². The number of rotatable bonds is 2. The minimum Gasteiger partial charge on any atom is -0.0768 e. The monoisotopic (exact) mass is 258 g/mol. The zero-order chi connectivity index (χ0) is 13.4. The summed E-state index contributed by atoms with van der Waals surface area (Å²) in [5.41, 5.74) is 3.56. The summed E-state index contributed by atoms with van der Waals surface area (Å²) in [5.74, 6) is 4.51. The van der Waals surface area contributed by atoms with Crippen LogP contribution in [0, 0.1) is 29.6 Å². The summed E-state index contributed by atoms with van der Waals surface area (Å²) in [4.78, 5) is 0. The first-order valence-corrected chi connectivity index (χ1v) is 8.57. The first-order valence-electron chi connectivity index (χ1n) is 8.57. The Kier molecular flexibility index (Phi) is 3.87. The molecule has 0 aliphatic heterocycles. The molecule has 0 heteroatoms. The van der Waals surface area contributed by atoms with Crippen LogP contribution in [0.2, 0.25) is 0 Å². The van der Waals surface area contributed by atoms with Gasteiger partial charge in [0.1, 0.15) is 0 Å². The van der Waals surface area contributed by atoms with Crippen LogP contribution < -0.4 is 0 Å². The average molecular weight is 258 g/mol. The standard InChI is InChI=1S/C19H30/c1-13(2)16-10-8-14(3)12-19(16)18-11-9-15-6-4-5-7-17(15)18/h9,11,13-14,16,18-19H,4-8,10,12H2,1-3H3/t14-,16-,18?,19-/m1/s1. The predicted molar refractivity (Wildman–Crippen MR) is 83.0 cm³/mol. The van der Waals surface area contributed by atoms with E-state index in [1.807, 2.05) is 5.57 Å². The average Bonchev–Trinajstić information content (AvgIpc) is 2.82. The summed E-state index contributed by atoms with van der Waals surface area (Å²) in [6, 6.07) is 0. The van der Waals surface area contributed by atoms with Crippen molar-refractivity contribution in [2.45, 2.75) is 65.7 Å². The molecule has 1 unspecified atom stereocenters. The van der Waals surface area contributed by atoms with Crippen molar-refractivity contribution in [1.82, 2.24) is 0 Å². The lowest BCUT2D eigenvalue weighted by Crippen LogP contribution is -2.33. The largest absolute Gasteiger partial charge is 0.0768 e. The van der Waals surface area contributed by atoms with Crippen molar-refractivity contribution in [2.75, 3.05) is 0 Å². The van der Waals surface area contributed by atoms with Gasteiger partial charge in [0.15, 0.2) is 0 Å². The van der Waals surface area contributed by atoms with Crippen molar-refractivity contribution in [3.8, 4) is 0 Å². The fourth-order valence-corrected chi connectivity index (χ4v) is 4.95. The third-order valence-electron chi connectivity index (χ3n) is 6.00. The van der Waals surface area contributed by atoms with Crippen LogP contribution in [-0.2, 0) is 0 Å². The highest BCUT2D eigenvalue weighted by atomic mass is 14.4. The minimum atomic E-state index is 0.811. The Hall–Kier alpha value is -0.520. The van der Waals surface area contributed by atoms with Gasteiger partial charge in [-0.25, -0.2) is 0 Å². The lowest BCUT2D eigenvalue weighted by atomic mass is 9.64. The SMILES string of the molecule is CC(C)[C@H]1CC[C@@H](C)C[C@H]1C1C=CC2=C1CCCC2. The maximum absolute atomic E-state index is 2.58. The van der Waals surface area contributed by atoms with E-state index < -0.39 is 0 Å². The van der Waals surface area contributed by atoms with Gasteiger partial charge >= 0.3 is 0 Å². The maximum Gasteiger partial charge on any atom is 0.00169 e. The molecule has 0 nitrogen and oxygen atoms in total. The van der Waals surface area contributed by atoms with Crippen LogP contribution in [0.5, 0.6) is 0 Å². The van der Waals surface area contributed by atoms with Crippen molar-refractivity contribution in [3.63, 3.8) is 0 Å². The second-order valence-corrected chi connectivity index (χ2v) is 7.63. The molecule has 0 amide bonds. The van der Waals surface area contributed by atoms with E-state index in [-0.39, 0.29) is 0 Å². The molecule has 19 heavy (non-hydrogen) atoms. The molecule has 0 radical (unpaired) electrons. The molecule has 0 saturated heterocycles. The first-order chi connectivity index (χ1) is 9.16.